The van der Waals surface area contributed by atoms with E-state index >= 15 is 0 Å². The summed E-state index contributed by atoms with van der Waals surface area (Å²) in [5.41, 5.74) is 0. The Balaban J connectivity index is 3.81. The summed E-state index contributed by atoms with van der Waals surface area (Å²) in [6.07, 6.45) is 0. The highest BCUT2D eigenvalue weighted by atomic mass is 79.9. The van der Waals surface area contributed by atoms with Gasteiger partial charge in [0.25, 0.3) is 0 Å². The minimum atomic E-state index is -3.30. The second-order valence-corrected chi connectivity index (χ2v) is 5.69. The quantitative estimate of drug-likeness (QED) is 0.556. The molecule has 0 aromatic carbocycles. The molecule has 0 heterocycles. The molecule has 7 heteroatoms. The Morgan fingerprint density at radius 3 is 2.25 bits per heavy atom. The van der Waals surface area contributed by atoms with Gasteiger partial charge in [-0.3, -0.25) is 13.6 Å². The Hall–Kier alpha value is 1.07. The van der Waals surface area contributed by atoms with Crippen LogP contribution in [0.15, 0.2) is 0 Å². The van der Waals surface area contributed by atoms with Crippen molar-refractivity contribution in [2.24, 2.45) is 0 Å². The number of rotatable bonds is 6. The molecule has 1 unspecified atom stereocenters. The lowest BCUT2D eigenvalue weighted by Gasteiger charge is -2.14. The molecule has 1 atom stereocenters. The largest absolute Gasteiger partial charge is 0.474 e. The molecule has 0 radical (unpaired) electrons. The molecular formula is C5H11Br2O4P. The Morgan fingerprint density at radius 1 is 1.42 bits per heavy atom. The normalized spacial score (nSPS) is 14.7. The van der Waals surface area contributed by atoms with Crippen molar-refractivity contribution >= 4 is 39.7 Å². The zero-order chi connectivity index (χ0) is 9.61. The zero-order valence-corrected chi connectivity index (χ0v) is 10.9. The van der Waals surface area contributed by atoms with E-state index in [9.17, 15) is 4.57 Å². The van der Waals surface area contributed by atoms with E-state index in [-0.39, 0.29) is 11.4 Å². The van der Waals surface area contributed by atoms with Crippen LogP contribution >= 0.6 is 39.7 Å². The van der Waals surface area contributed by atoms with Gasteiger partial charge in [-0.15, -0.1) is 0 Å². The van der Waals surface area contributed by atoms with Gasteiger partial charge in [0.1, 0.15) is 0 Å². The number of halogens is 2. The summed E-state index contributed by atoms with van der Waals surface area (Å²) < 4.78 is 25.3. The maximum atomic E-state index is 11.3. The molecule has 0 aromatic rings. The Labute approximate surface area is 88.8 Å². The molecule has 0 saturated carbocycles. The van der Waals surface area contributed by atoms with E-state index in [2.05, 4.69) is 40.9 Å². The van der Waals surface area contributed by atoms with Crippen LogP contribution in [0.5, 0.6) is 0 Å². The summed E-state index contributed by atoms with van der Waals surface area (Å²) in [5, 5.41) is 0.709. The highest BCUT2D eigenvalue weighted by Gasteiger charge is 2.23. The van der Waals surface area contributed by atoms with Crippen LogP contribution in [0.4, 0.5) is 0 Å². The van der Waals surface area contributed by atoms with Crippen LogP contribution in [0.2, 0.25) is 0 Å². The number of alkyl halides is 2. The second kappa shape index (κ2) is 6.51. The number of phosphoric acid groups is 1. The third-order valence-corrected chi connectivity index (χ3v) is 4.63. The van der Waals surface area contributed by atoms with Crippen LogP contribution < -0.4 is 0 Å². The average molecular weight is 326 g/mol. The molecule has 12 heavy (non-hydrogen) atoms. The van der Waals surface area contributed by atoms with Gasteiger partial charge in [0, 0.05) is 24.4 Å². The van der Waals surface area contributed by atoms with Crippen LogP contribution in [0.1, 0.15) is 0 Å². The maximum absolute atomic E-state index is 11.3. The topological polar surface area (TPSA) is 44.8 Å². The van der Waals surface area contributed by atoms with E-state index in [1.165, 1.54) is 14.2 Å². The lowest BCUT2D eigenvalue weighted by atomic mass is 10.5. The van der Waals surface area contributed by atoms with Gasteiger partial charge >= 0.3 is 7.82 Å². The summed E-state index contributed by atoms with van der Waals surface area (Å²) in [4.78, 5) is 0.0936. The molecule has 0 aliphatic carbocycles. The number of phosphoric ester groups is 1. The predicted octanol–water partition coefficient (Wildman–Crippen LogP) is 2.56. The highest BCUT2D eigenvalue weighted by Crippen LogP contribution is 2.47. The van der Waals surface area contributed by atoms with Crippen molar-refractivity contribution in [3.05, 3.63) is 0 Å². The van der Waals surface area contributed by atoms with Gasteiger partial charge in [-0.1, -0.05) is 31.9 Å². The molecule has 0 spiro atoms. The summed E-state index contributed by atoms with van der Waals surface area (Å²) in [6, 6.07) is 0. The van der Waals surface area contributed by atoms with E-state index in [4.69, 9.17) is 4.52 Å². The second-order valence-electron chi connectivity index (χ2n) is 1.86. The molecule has 74 valence electrons. The standard InChI is InChI=1S/C5H11Br2O4P/c1-9-12(8,10-2)11-4-5(7)3-6/h5H,3-4H2,1-2H3. The first kappa shape index (κ1) is 13.1. The van der Waals surface area contributed by atoms with Gasteiger partial charge < -0.3 is 0 Å². The van der Waals surface area contributed by atoms with Gasteiger partial charge in [0.2, 0.25) is 0 Å². The molecule has 0 N–H and O–H groups in total. The van der Waals surface area contributed by atoms with Crippen molar-refractivity contribution in [2.75, 3.05) is 26.2 Å². The van der Waals surface area contributed by atoms with Crippen molar-refractivity contribution < 1.29 is 18.1 Å². The molecule has 0 fully saturated rings. The van der Waals surface area contributed by atoms with Crippen molar-refractivity contribution in [2.45, 2.75) is 4.83 Å². The van der Waals surface area contributed by atoms with Crippen LogP contribution in [-0.4, -0.2) is 31.0 Å². The first-order chi connectivity index (χ1) is 5.58. The van der Waals surface area contributed by atoms with Crippen molar-refractivity contribution in [3.8, 4) is 0 Å². The molecular weight excluding hydrogens is 315 g/mol. The molecule has 0 aromatic heterocycles. The first-order valence-corrected chi connectivity index (χ1v) is 6.64. The van der Waals surface area contributed by atoms with E-state index in [0.29, 0.717) is 5.33 Å². The molecule has 0 rings (SSSR count). The van der Waals surface area contributed by atoms with Crippen LogP contribution in [0, 0.1) is 0 Å². The highest BCUT2D eigenvalue weighted by molar-refractivity contribution is 9.12. The molecule has 4 nitrogen and oxygen atoms in total. The van der Waals surface area contributed by atoms with Crippen molar-refractivity contribution in [1.29, 1.82) is 0 Å². The van der Waals surface area contributed by atoms with Crippen molar-refractivity contribution in [3.63, 3.8) is 0 Å². The summed E-state index contributed by atoms with van der Waals surface area (Å²) >= 11 is 6.51. The minimum Gasteiger partial charge on any atom is -0.290 e. The fraction of sp³-hybridized carbons (Fsp3) is 1.00. The van der Waals surface area contributed by atoms with Crippen LogP contribution in [0.25, 0.3) is 0 Å². The SMILES string of the molecule is COP(=O)(OC)OCC(Br)CBr. The Kier molecular flexibility index (Phi) is 7.09. The summed E-state index contributed by atoms with van der Waals surface area (Å²) in [5.74, 6) is 0. The number of hydrogen-bond acceptors (Lipinski definition) is 4. The molecule has 0 saturated heterocycles. The summed E-state index contributed by atoms with van der Waals surface area (Å²) in [7, 11) is -0.740. The van der Waals surface area contributed by atoms with E-state index in [1.807, 2.05) is 0 Å². The third-order valence-electron chi connectivity index (χ3n) is 1.03. The Bertz CT molecular complexity index is 158. The lowest BCUT2D eigenvalue weighted by molar-refractivity contribution is 0.154. The maximum Gasteiger partial charge on any atom is 0.474 e. The molecule has 0 aliphatic heterocycles. The Morgan fingerprint density at radius 2 is 1.92 bits per heavy atom. The zero-order valence-electron chi connectivity index (χ0n) is 6.83. The monoisotopic (exact) mass is 324 g/mol. The van der Waals surface area contributed by atoms with Gasteiger partial charge in [0.05, 0.1) is 6.61 Å². The van der Waals surface area contributed by atoms with E-state index < -0.39 is 7.82 Å². The molecule has 0 aliphatic rings. The third kappa shape index (κ3) is 4.94. The minimum absolute atomic E-state index is 0.0936. The smallest absolute Gasteiger partial charge is 0.290 e. The fourth-order valence-electron chi connectivity index (χ4n) is 0.397. The molecule has 0 bridgehead atoms. The number of hydrogen-bond donors (Lipinski definition) is 0. The van der Waals surface area contributed by atoms with Gasteiger partial charge in [-0.05, 0) is 0 Å². The van der Waals surface area contributed by atoms with Crippen molar-refractivity contribution in [1.82, 2.24) is 0 Å². The van der Waals surface area contributed by atoms with E-state index in [1.54, 1.807) is 0 Å². The van der Waals surface area contributed by atoms with Gasteiger partial charge in [-0.2, -0.15) is 0 Å². The predicted molar refractivity (Wildman–Crippen MR) is 54.1 cm³/mol. The fourth-order valence-corrected chi connectivity index (χ4v) is 1.64. The van der Waals surface area contributed by atoms with Gasteiger partial charge in [0.15, 0.2) is 0 Å². The first-order valence-electron chi connectivity index (χ1n) is 3.14. The van der Waals surface area contributed by atoms with E-state index in [0.717, 1.165) is 0 Å². The molecule has 0 amide bonds. The lowest BCUT2D eigenvalue weighted by Crippen LogP contribution is -2.09. The van der Waals surface area contributed by atoms with Crippen LogP contribution in [0.3, 0.4) is 0 Å². The van der Waals surface area contributed by atoms with Gasteiger partial charge in [-0.25, -0.2) is 4.57 Å². The summed E-state index contributed by atoms with van der Waals surface area (Å²) in [6.45, 7) is 0.268. The van der Waals surface area contributed by atoms with Crippen LogP contribution in [-0.2, 0) is 18.1 Å². The average Bonchev–Trinajstić information content (AvgIpc) is 2.13.